The van der Waals surface area contributed by atoms with Gasteiger partial charge in [0.2, 0.25) is 11.8 Å². The number of rotatable bonds is 1. The second-order valence-corrected chi connectivity index (χ2v) is 6.54. The van der Waals surface area contributed by atoms with Crippen molar-refractivity contribution in [3.8, 4) is 0 Å². The summed E-state index contributed by atoms with van der Waals surface area (Å²) < 4.78 is 1.88. The van der Waals surface area contributed by atoms with Crippen molar-refractivity contribution in [2.24, 2.45) is 0 Å². The van der Waals surface area contributed by atoms with E-state index < -0.39 is 0 Å². The van der Waals surface area contributed by atoms with Crippen molar-refractivity contribution in [1.29, 1.82) is 0 Å². The molecule has 0 saturated carbocycles. The number of hydrogen-bond donors (Lipinski definition) is 1. The molecule has 1 unspecified atom stereocenters. The molecule has 2 amide bonds. The highest BCUT2D eigenvalue weighted by Gasteiger charge is 2.29. The van der Waals surface area contributed by atoms with Crippen molar-refractivity contribution >= 4 is 22.8 Å². The first-order valence-electron chi connectivity index (χ1n) is 7.17. The van der Waals surface area contributed by atoms with Gasteiger partial charge in [0.05, 0.1) is 17.4 Å². The number of piperidine rings is 1. The first-order chi connectivity index (χ1) is 9.88. The standard InChI is InChI=1S/C16H19N3O2/c1-16(2,3)10-5-4-6-11-14(10)17-9-19(11)12-7-8-13(20)18-15(12)21/h4-6,9,12H,7-8H2,1-3H3,(H,18,20,21). The lowest BCUT2D eigenvalue weighted by Crippen LogP contribution is -2.41. The van der Waals surface area contributed by atoms with Crippen molar-refractivity contribution in [1.82, 2.24) is 14.9 Å². The number of nitrogens with zero attached hydrogens (tertiary/aromatic N) is 2. The molecule has 0 aliphatic carbocycles. The monoisotopic (exact) mass is 285 g/mol. The molecule has 2 aromatic rings. The molecule has 3 rings (SSSR count). The molecule has 5 nitrogen and oxygen atoms in total. The number of benzene rings is 1. The van der Waals surface area contributed by atoms with Crippen LogP contribution in [-0.4, -0.2) is 21.4 Å². The summed E-state index contributed by atoms with van der Waals surface area (Å²) in [7, 11) is 0. The number of hydrogen-bond acceptors (Lipinski definition) is 3. The summed E-state index contributed by atoms with van der Waals surface area (Å²) in [5.74, 6) is -0.442. The zero-order valence-corrected chi connectivity index (χ0v) is 12.5. The van der Waals surface area contributed by atoms with Gasteiger partial charge in [-0.1, -0.05) is 32.9 Å². The Kier molecular flexibility index (Phi) is 3.08. The lowest BCUT2D eigenvalue weighted by molar-refractivity contribution is -0.135. The van der Waals surface area contributed by atoms with Gasteiger partial charge in [-0.2, -0.15) is 0 Å². The van der Waals surface area contributed by atoms with E-state index in [4.69, 9.17) is 0 Å². The summed E-state index contributed by atoms with van der Waals surface area (Å²) in [6.45, 7) is 6.44. The average molecular weight is 285 g/mol. The van der Waals surface area contributed by atoms with Crippen LogP contribution in [0.25, 0.3) is 11.0 Å². The minimum absolute atomic E-state index is 0.0104. The molecule has 1 aromatic heterocycles. The molecule has 0 spiro atoms. The lowest BCUT2D eigenvalue weighted by atomic mass is 9.86. The highest BCUT2D eigenvalue weighted by Crippen LogP contribution is 2.31. The Labute approximate surface area is 123 Å². The smallest absolute Gasteiger partial charge is 0.249 e. The Morgan fingerprint density at radius 1 is 1.29 bits per heavy atom. The molecule has 21 heavy (non-hydrogen) atoms. The Bertz CT molecular complexity index is 725. The third kappa shape index (κ3) is 2.33. The van der Waals surface area contributed by atoms with E-state index in [1.54, 1.807) is 6.33 Å². The molecule has 5 heteroatoms. The van der Waals surface area contributed by atoms with E-state index in [1.165, 1.54) is 0 Å². The maximum Gasteiger partial charge on any atom is 0.249 e. The van der Waals surface area contributed by atoms with Crippen LogP contribution >= 0.6 is 0 Å². The Morgan fingerprint density at radius 2 is 2.05 bits per heavy atom. The predicted molar refractivity (Wildman–Crippen MR) is 79.9 cm³/mol. The molecule has 110 valence electrons. The SMILES string of the molecule is CC(C)(C)c1cccc2c1ncn2C1CCC(=O)NC1=O. The van der Waals surface area contributed by atoms with Crippen molar-refractivity contribution in [3.05, 3.63) is 30.1 Å². The number of imidazole rings is 1. The van der Waals surface area contributed by atoms with E-state index in [9.17, 15) is 9.59 Å². The van der Waals surface area contributed by atoms with Crippen LogP contribution in [0.2, 0.25) is 0 Å². The Balaban J connectivity index is 2.09. The van der Waals surface area contributed by atoms with Gasteiger partial charge in [-0.05, 0) is 23.5 Å². The number of aromatic nitrogens is 2. The number of nitrogens with one attached hydrogen (secondary N) is 1. The fraction of sp³-hybridized carbons (Fsp3) is 0.438. The van der Waals surface area contributed by atoms with Crippen molar-refractivity contribution in [3.63, 3.8) is 0 Å². The molecular formula is C16H19N3O2. The molecule has 1 fully saturated rings. The molecule has 1 aliphatic rings. The Morgan fingerprint density at radius 3 is 2.71 bits per heavy atom. The van der Waals surface area contributed by atoms with Crippen LogP contribution < -0.4 is 5.32 Å². The van der Waals surface area contributed by atoms with Gasteiger partial charge in [-0.15, -0.1) is 0 Å². The maximum atomic E-state index is 12.0. The minimum atomic E-state index is -0.358. The van der Waals surface area contributed by atoms with E-state index in [0.717, 1.165) is 16.6 Å². The molecule has 0 radical (unpaired) electrons. The Hall–Kier alpha value is -2.17. The summed E-state index contributed by atoms with van der Waals surface area (Å²) in [6.07, 6.45) is 2.60. The lowest BCUT2D eigenvalue weighted by Gasteiger charge is -2.23. The van der Waals surface area contributed by atoms with Crippen molar-refractivity contribution < 1.29 is 9.59 Å². The summed E-state index contributed by atoms with van der Waals surface area (Å²) in [5.41, 5.74) is 3.02. The average Bonchev–Trinajstić information content (AvgIpc) is 2.81. The maximum absolute atomic E-state index is 12.0. The van der Waals surface area contributed by atoms with Gasteiger partial charge >= 0.3 is 0 Å². The molecule has 2 heterocycles. The summed E-state index contributed by atoms with van der Waals surface area (Å²) >= 11 is 0. The molecule has 1 aromatic carbocycles. The quantitative estimate of drug-likeness (QED) is 0.818. The van der Waals surface area contributed by atoms with E-state index in [1.807, 2.05) is 16.7 Å². The number of carbonyl (C=O) groups is 2. The van der Waals surface area contributed by atoms with Gasteiger partial charge in [0.1, 0.15) is 6.04 Å². The minimum Gasteiger partial charge on any atom is -0.318 e. The van der Waals surface area contributed by atoms with E-state index in [0.29, 0.717) is 12.8 Å². The molecule has 1 atom stereocenters. The van der Waals surface area contributed by atoms with E-state index in [-0.39, 0.29) is 23.3 Å². The molecule has 1 aliphatic heterocycles. The number of amides is 2. The number of carbonyl (C=O) groups excluding carboxylic acids is 2. The topological polar surface area (TPSA) is 64.0 Å². The molecule has 1 N–H and O–H groups in total. The van der Waals surface area contributed by atoms with Crippen LogP contribution in [-0.2, 0) is 15.0 Å². The van der Waals surface area contributed by atoms with Crippen LogP contribution in [0.3, 0.4) is 0 Å². The van der Waals surface area contributed by atoms with Gasteiger partial charge in [0.15, 0.2) is 0 Å². The second-order valence-electron chi connectivity index (χ2n) is 6.54. The third-order valence-corrected chi connectivity index (χ3v) is 3.96. The van der Waals surface area contributed by atoms with Crippen LogP contribution in [0, 0.1) is 0 Å². The van der Waals surface area contributed by atoms with Gasteiger partial charge in [-0.25, -0.2) is 4.98 Å². The summed E-state index contributed by atoms with van der Waals surface area (Å²) in [5, 5.41) is 2.40. The number of para-hydroxylation sites is 1. The molecule has 0 bridgehead atoms. The molecule has 1 saturated heterocycles. The number of imide groups is 1. The zero-order chi connectivity index (χ0) is 15.2. The first kappa shape index (κ1) is 13.8. The third-order valence-electron chi connectivity index (χ3n) is 3.96. The van der Waals surface area contributed by atoms with Gasteiger partial charge in [-0.3, -0.25) is 14.9 Å². The van der Waals surface area contributed by atoms with E-state index >= 15 is 0 Å². The normalized spacial score (nSPS) is 19.9. The first-order valence-corrected chi connectivity index (χ1v) is 7.17. The van der Waals surface area contributed by atoms with E-state index in [2.05, 4.69) is 37.1 Å². The predicted octanol–water partition coefficient (Wildman–Crippen LogP) is 2.31. The fourth-order valence-electron chi connectivity index (χ4n) is 2.86. The van der Waals surface area contributed by atoms with Crippen molar-refractivity contribution in [2.45, 2.75) is 45.1 Å². The summed E-state index contributed by atoms with van der Waals surface area (Å²) in [4.78, 5) is 27.8. The van der Waals surface area contributed by atoms with Crippen LogP contribution in [0.5, 0.6) is 0 Å². The van der Waals surface area contributed by atoms with Crippen LogP contribution in [0.4, 0.5) is 0 Å². The molecular weight excluding hydrogens is 266 g/mol. The van der Waals surface area contributed by atoms with Gasteiger partial charge < -0.3 is 4.57 Å². The van der Waals surface area contributed by atoms with Crippen molar-refractivity contribution in [2.75, 3.05) is 0 Å². The number of fused-ring (bicyclic) bond motifs is 1. The second kappa shape index (κ2) is 4.69. The van der Waals surface area contributed by atoms with Gasteiger partial charge in [0.25, 0.3) is 0 Å². The largest absolute Gasteiger partial charge is 0.318 e. The van der Waals surface area contributed by atoms with Crippen LogP contribution in [0.15, 0.2) is 24.5 Å². The zero-order valence-electron chi connectivity index (χ0n) is 12.5. The highest BCUT2D eigenvalue weighted by atomic mass is 16.2. The summed E-state index contributed by atoms with van der Waals surface area (Å²) in [6, 6.07) is 5.68. The van der Waals surface area contributed by atoms with Crippen LogP contribution in [0.1, 0.15) is 45.2 Å². The fourth-order valence-corrected chi connectivity index (χ4v) is 2.86. The highest BCUT2D eigenvalue weighted by molar-refractivity contribution is 6.00. The van der Waals surface area contributed by atoms with Gasteiger partial charge in [0, 0.05) is 6.42 Å².